The average Bonchev–Trinajstić information content (AvgIpc) is 3.21. The van der Waals surface area contributed by atoms with Gasteiger partial charge in [-0.25, -0.2) is 4.98 Å². The highest BCUT2D eigenvalue weighted by atomic mass is 32.2. The molecule has 0 aliphatic heterocycles. The number of hydrogen-bond acceptors (Lipinski definition) is 5. The van der Waals surface area contributed by atoms with E-state index in [1.807, 2.05) is 47.8 Å². The van der Waals surface area contributed by atoms with E-state index in [2.05, 4.69) is 4.98 Å². The molecule has 4 nitrogen and oxygen atoms in total. The molecule has 23 heavy (non-hydrogen) atoms. The summed E-state index contributed by atoms with van der Waals surface area (Å²) in [6.07, 6.45) is 1.68. The lowest BCUT2D eigenvalue weighted by Crippen LogP contribution is -2.22. The van der Waals surface area contributed by atoms with Crippen LogP contribution in [0.25, 0.3) is 0 Å². The van der Waals surface area contributed by atoms with Gasteiger partial charge in [-0.2, -0.15) is 0 Å². The number of benzene rings is 1. The maximum absolute atomic E-state index is 12.0. The number of furan rings is 1. The molecule has 0 aliphatic rings. The minimum absolute atomic E-state index is 0.0414. The van der Waals surface area contributed by atoms with Crippen LogP contribution in [0.3, 0.4) is 0 Å². The molecule has 2 heterocycles. The predicted molar refractivity (Wildman–Crippen MR) is 95.1 cm³/mol. The zero-order chi connectivity index (χ0) is 16.1. The van der Waals surface area contributed by atoms with Crippen LogP contribution in [0.15, 0.2) is 58.5 Å². The third kappa shape index (κ3) is 4.03. The summed E-state index contributed by atoms with van der Waals surface area (Å²) in [4.78, 5) is 18.2. The van der Waals surface area contributed by atoms with E-state index in [-0.39, 0.29) is 5.91 Å². The third-order valence-electron chi connectivity index (χ3n) is 3.13. The van der Waals surface area contributed by atoms with Crippen LogP contribution in [-0.4, -0.2) is 10.9 Å². The molecule has 0 saturated carbocycles. The summed E-state index contributed by atoms with van der Waals surface area (Å²) < 4.78 is 5.31. The van der Waals surface area contributed by atoms with Crippen LogP contribution in [0.1, 0.15) is 18.4 Å². The molecule has 2 aromatic heterocycles. The Morgan fingerprint density at radius 2 is 2.04 bits per heavy atom. The number of carbonyl (C=O) groups is 1. The number of hydrogen-bond donors (Lipinski definition) is 0. The summed E-state index contributed by atoms with van der Waals surface area (Å²) in [5.74, 6) is 2.52. The summed E-state index contributed by atoms with van der Waals surface area (Å²) in [5.41, 5.74) is 1.81. The van der Waals surface area contributed by atoms with E-state index >= 15 is 0 Å². The van der Waals surface area contributed by atoms with Crippen molar-refractivity contribution < 1.29 is 9.21 Å². The Bertz CT molecular complexity index is 754. The van der Waals surface area contributed by atoms with E-state index in [1.165, 1.54) is 11.3 Å². The molecular formula is C17H16N2O2S2. The van der Waals surface area contributed by atoms with Gasteiger partial charge in [0, 0.05) is 18.1 Å². The largest absolute Gasteiger partial charge is 0.468 e. The molecule has 1 amide bonds. The highest BCUT2D eigenvalue weighted by Gasteiger charge is 2.17. The maximum Gasteiger partial charge on any atom is 0.230 e. The number of thioether (sulfide) groups is 1. The van der Waals surface area contributed by atoms with Crippen molar-refractivity contribution in [1.29, 1.82) is 0 Å². The van der Waals surface area contributed by atoms with Crippen molar-refractivity contribution in [2.24, 2.45) is 0 Å². The van der Waals surface area contributed by atoms with Gasteiger partial charge < -0.3 is 4.42 Å². The molecule has 0 saturated heterocycles. The smallest absolute Gasteiger partial charge is 0.230 e. The number of amides is 1. The standard InChI is InChI=1S/C17H16N2O2S2/c1-13(20)19(15-6-3-2-4-7-15)17-18-14(11-23-17)10-22-12-16-8-5-9-21-16/h2-9,11H,10,12H2,1H3. The van der Waals surface area contributed by atoms with Crippen molar-refractivity contribution in [3.63, 3.8) is 0 Å². The first-order chi connectivity index (χ1) is 11.2. The van der Waals surface area contributed by atoms with E-state index < -0.39 is 0 Å². The van der Waals surface area contributed by atoms with Crippen LogP contribution in [0.4, 0.5) is 10.8 Å². The molecule has 0 atom stereocenters. The highest BCUT2D eigenvalue weighted by molar-refractivity contribution is 7.97. The van der Waals surface area contributed by atoms with Gasteiger partial charge in [0.25, 0.3) is 0 Å². The van der Waals surface area contributed by atoms with Crippen LogP contribution < -0.4 is 4.90 Å². The van der Waals surface area contributed by atoms with Gasteiger partial charge >= 0.3 is 0 Å². The summed E-state index contributed by atoms with van der Waals surface area (Å²) >= 11 is 3.23. The second kappa shape index (κ2) is 7.48. The second-order valence-corrected chi connectivity index (χ2v) is 6.71. The van der Waals surface area contributed by atoms with Crippen LogP contribution in [0.2, 0.25) is 0 Å². The highest BCUT2D eigenvalue weighted by Crippen LogP contribution is 2.30. The van der Waals surface area contributed by atoms with Crippen LogP contribution in [0.5, 0.6) is 0 Å². The normalized spacial score (nSPS) is 10.7. The molecule has 6 heteroatoms. The zero-order valence-electron chi connectivity index (χ0n) is 12.6. The summed E-state index contributed by atoms with van der Waals surface area (Å²) in [7, 11) is 0. The van der Waals surface area contributed by atoms with Gasteiger partial charge in [0.1, 0.15) is 5.76 Å². The number of carbonyl (C=O) groups excluding carboxylic acids is 1. The molecule has 3 rings (SSSR count). The van der Waals surface area contributed by atoms with E-state index in [4.69, 9.17) is 4.42 Å². The fourth-order valence-electron chi connectivity index (χ4n) is 2.12. The van der Waals surface area contributed by atoms with E-state index in [1.54, 1.807) is 29.8 Å². The average molecular weight is 344 g/mol. The quantitative estimate of drug-likeness (QED) is 0.641. The Labute approximate surface area is 143 Å². The molecule has 0 aliphatic carbocycles. The van der Waals surface area contributed by atoms with Crippen molar-refractivity contribution in [2.45, 2.75) is 18.4 Å². The Hall–Kier alpha value is -2.05. The Morgan fingerprint density at radius 3 is 2.74 bits per heavy atom. The molecule has 0 bridgehead atoms. The van der Waals surface area contributed by atoms with E-state index in [9.17, 15) is 4.79 Å². The second-order valence-electron chi connectivity index (χ2n) is 4.88. The molecule has 0 fully saturated rings. The molecule has 0 radical (unpaired) electrons. The van der Waals surface area contributed by atoms with Crippen molar-refractivity contribution >= 4 is 39.8 Å². The van der Waals surface area contributed by atoms with Crippen molar-refractivity contribution in [1.82, 2.24) is 4.98 Å². The first-order valence-corrected chi connectivity index (χ1v) is 9.18. The van der Waals surface area contributed by atoms with Crippen LogP contribution in [-0.2, 0) is 16.3 Å². The van der Waals surface area contributed by atoms with Gasteiger partial charge in [-0.3, -0.25) is 9.69 Å². The molecule has 0 N–H and O–H groups in total. The summed E-state index contributed by atoms with van der Waals surface area (Å²) in [6, 6.07) is 13.4. The molecule has 1 aromatic carbocycles. The Kier molecular flexibility index (Phi) is 5.15. The minimum Gasteiger partial charge on any atom is -0.468 e. The molecule has 0 unspecified atom stereocenters. The van der Waals surface area contributed by atoms with E-state index in [0.29, 0.717) is 5.13 Å². The van der Waals surface area contributed by atoms with Crippen LogP contribution in [0, 0.1) is 0 Å². The lowest BCUT2D eigenvalue weighted by Gasteiger charge is -2.17. The number of para-hydroxylation sites is 1. The topological polar surface area (TPSA) is 46.3 Å². The van der Waals surface area contributed by atoms with Gasteiger partial charge in [-0.05, 0) is 24.3 Å². The number of aromatic nitrogens is 1. The van der Waals surface area contributed by atoms with Gasteiger partial charge in [-0.15, -0.1) is 23.1 Å². The SMILES string of the molecule is CC(=O)N(c1ccccc1)c1nc(CSCc2ccco2)cs1. The fraction of sp³-hybridized carbons (Fsp3) is 0.176. The third-order valence-corrected chi connectivity index (χ3v) is 5.00. The molecule has 0 spiro atoms. The fourth-order valence-corrected chi connectivity index (χ4v) is 3.94. The predicted octanol–water partition coefficient (Wildman–Crippen LogP) is 4.85. The Balaban J connectivity index is 1.68. The lowest BCUT2D eigenvalue weighted by molar-refractivity contribution is -0.115. The van der Waals surface area contributed by atoms with E-state index in [0.717, 1.165) is 28.6 Å². The van der Waals surface area contributed by atoms with Crippen molar-refractivity contribution in [3.8, 4) is 0 Å². The number of nitrogens with zero attached hydrogens (tertiary/aromatic N) is 2. The number of thiazole rings is 1. The van der Waals surface area contributed by atoms with Gasteiger partial charge in [0.2, 0.25) is 5.91 Å². The minimum atomic E-state index is -0.0414. The molecular weight excluding hydrogens is 328 g/mol. The molecule has 118 valence electrons. The van der Waals surface area contributed by atoms with Crippen LogP contribution >= 0.6 is 23.1 Å². The zero-order valence-corrected chi connectivity index (χ0v) is 14.3. The number of rotatable bonds is 6. The first-order valence-electron chi connectivity index (χ1n) is 7.14. The molecule has 3 aromatic rings. The number of anilines is 2. The maximum atomic E-state index is 12.0. The lowest BCUT2D eigenvalue weighted by atomic mass is 10.3. The van der Waals surface area contributed by atoms with Crippen molar-refractivity contribution in [3.05, 3.63) is 65.6 Å². The van der Waals surface area contributed by atoms with Crippen molar-refractivity contribution in [2.75, 3.05) is 4.90 Å². The summed E-state index contributed by atoms with van der Waals surface area (Å²) in [5, 5.41) is 2.71. The monoisotopic (exact) mass is 344 g/mol. The van der Waals surface area contributed by atoms with Gasteiger partial charge in [0.15, 0.2) is 5.13 Å². The Morgan fingerprint density at radius 1 is 1.22 bits per heavy atom. The summed E-state index contributed by atoms with van der Waals surface area (Å²) in [6.45, 7) is 1.56. The van der Waals surface area contributed by atoms with Gasteiger partial charge in [-0.1, -0.05) is 18.2 Å². The van der Waals surface area contributed by atoms with Gasteiger partial charge in [0.05, 0.1) is 23.4 Å². The first kappa shape index (κ1) is 15.8.